The summed E-state index contributed by atoms with van der Waals surface area (Å²) in [7, 11) is 1.35. The van der Waals surface area contributed by atoms with Gasteiger partial charge in [-0.3, -0.25) is 4.79 Å². The van der Waals surface area contributed by atoms with Crippen molar-refractivity contribution < 1.29 is 23.8 Å². The summed E-state index contributed by atoms with van der Waals surface area (Å²) >= 11 is 7.51. The molecule has 1 atom stereocenters. The number of aliphatic imine (C=N–C) groups is 1. The molecule has 1 aromatic carbocycles. The SMILES string of the molecule is COC(=O)C1=C(C)N=C2SC=C(CC(=O)NCCC3OCCO3)N2[C@@H]1c1ccc(Cl)cc1. The van der Waals surface area contributed by atoms with Crippen LogP contribution in [0.15, 0.2) is 51.6 Å². The zero-order chi connectivity index (χ0) is 22.7. The van der Waals surface area contributed by atoms with Crippen molar-refractivity contribution in [3.63, 3.8) is 0 Å². The molecular formula is C22H24ClN3O5S. The van der Waals surface area contributed by atoms with E-state index in [-0.39, 0.29) is 18.6 Å². The van der Waals surface area contributed by atoms with Crippen molar-refractivity contribution in [3.05, 3.63) is 57.2 Å². The smallest absolute Gasteiger partial charge is 0.338 e. The summed E-state index contributed by atoms with van der Waals surface area (Å²) in [5, 5.41) is 6.12. The van der Waals surface area contributed by atoms with Crippen molar-refractivity contribution in [3.8, 4) is 0 Å². The molecule has 32 heavy (non-hydrogen) atoms. The molecule has 4 rings (SSSR count). The monoisotopic (exact) mass is 477 g/mol. The standard InChI is InChI=1S/C22H24ClN3O5S/c1-13-19(21(28)29-2)20(14-3-5-15(23)6-4-14)26-16(12-32-22(26)25-13)11-17(27)24-8-7-18-30-9-10-31-18/h3-6,12,18,20H,7-11H2,1-2H3,(H,24,27)/t20-/m1/s1. The number of esters is 1. The number of thioether (sulfide) groups is 1. The van der Waals surface area contributed by atoms with Gasteiger partial charge in [0.1, 0.15) is 0 Å². The molecule has 8 nitrogen and oxygen atoms in total. The molecule has 10 heteroatoms. The van der Waals surface area contributed by atoms with Crippen LogP contribution >= 0.6 is 23.4 Å². The number of halogens is 1. The number of fused-ring (bicyclic) bond motifs is 1. The second-order valence-corrected chi connectivity index (χ2v) is 8.70. The summed E-state index contributed by atoms with van der Waals surface area (Å²) in [5.41, 5.74) is 2.63. The number of methoxy groups -OCH3 is 1. The fourth-order valence-electron chi connectivity index (χ4n) is 3.83. The van der Waals surface area contributed by atoms with Crippen LogP contribution in [-0.4, -0.2) is 55.1 Å². The normalized spacial score (nSPS) is 20.7. The zero-order valence-electron chi connectivity index (χ0n) is 17.8. The zero-order valence-corrected chi connectivity index (χ0v) is 19.4. The van der Waals surface area contributed by atoms with Gasteiger partial charge in [0.15, 0.2) is 11.5 Å². The first-order valence-electron chi connectivity index (χ1n) is 10.3. The third-order valence-corrected chi connectivity index (χ3v) is 6.47. The van der Waals surface area contributed by atoms with Crippen molar-refractivity contribution in [2.75, 3.05) is 26.9 Å². The average molecular weight is 478 g/mol. The molecule has 1 amide bonds. The summed E-state index contributed by atoms with van der Waals surface area (Å²) in [5.74, 6) is -0.584. The lowest BCUT2D eigenvalue weighted by molar-refractivity contribution is -0.136. The second kappa shape index (κ2) is 10.1. The number of nitrogens with zero attached hydrogens (tertiary/aromatic N) is 2. The van der Waals surface area contributed by atoms with E-state index in [0.29, 0.717) is 47.6 Å². The van der Waals surface area contributed by atoms with Gasteiger partial charge in [0, 0.05) is 23.7 Å². The molecule has 0 radical (unpaired) electrons. The van der Waals surface area contributed by atoms with Gasteiger partial charge >= 0.3 is 5.97 Å². The van der Waals surface area contributed by atoms with E-state index in [4.69, 9.17) is 25.8 Å². The summed E-state index contributed by atoms with van der Waals surface area (Å²) in [6.45, 7) is 3.42. The van der Waals surface area contributed by atoms with E-state index in [9.17, 15) is 9.59 Å². The molecule has 170 valence electrons. The number of allylic oxidation sites excluding steroid dienone is 1. The molecule has 3 aliphatic heterocycles. The molecule has 0 aliphatic carbocycles. The van der Waals surface area contributed by atoms with Crippen LogP contribution in [0.1, 0.15) is 31.4 Å². The first-order valence-corrected chi connectivity index (χ1v) is 11.5. The van der Waals surface area contributed by atoms with Gasteiger partial charge in [-0.15, -0.1) is 0 Å². The lowest BCUT2D eigenvalue weighted by atomic mass is 9.94. The lowest BCUT2D eigenvalue weighted by Crippen LogP contribution is -2.38. The van der Waals surface area contributed by atoms with Gasteiger partial charge in [-0.2, -0.15) is 0 Å². The van der Waals surface area contributed by atoms with E-state index in [1.807, 2.05) is 22.4 Å². The molecule has 3 aliphatic rings. The number of amides is 1. The number of carbonyl (C=O) groups excluding carboxylic acids is 2. The van der Waals surface area contributed by atoms with Crippen LogP contribution in [0.4, 0.5) is 0 Å². The van der Waals surface area contributed by atoms with Gasteiger partial charge in [-0.25, -0.2) is 9.79 Å². The topological polar surface area (TPSA) is 89.5 Å². The Morgan fingerprint density at radius 2 is 2.00 bits per heavy atom. The van der Waals surface area contributed by atoms with E-state index < -0.39 is 12.0 Å². The number of ether oxygens (including phenoxy) is 3. The Balaban J connectivity index is 1.53. The minimum Gasteiger partial charge on any atom is -0.466 e. The largest absolute Gasteiger partial charge is 0.466 e. The van der Waals surface area contributed by atoms with Crippen molar-refractivity contribution >= 4 is 40.4 Å². The van der Waals surface area contributed by atoms with Crippen LogP contribution in [0.3, 0.4) is 0 Å². The molecular weight excluding hydrogens is 454 g/mol. The molecule has 0 spiro atoms. The maximum atomic E-state index is 12.7. The molecule has 1 aromatic rings. The van der Waals surface area contributed by atoms with Gasteiger partial charge in [-0.05, 0) is 30.0 Å². The van der Waals surface area contributed by atoms with Gasteiger partial charge in [0.05, 0.1) is 44.1 Å². The summed E-state index contributed by atoms with van der Waals surface area (Å²) < 4.78 is 15.8. The Labute approximate surface area is 195 Å². The fraction of sp³-hybridized carbons (Fsp3) is 0.409. The number of amidine groups is 1. The molecule has 0 saturated carbocycles. The van der Waals surface area contributed by atoms with Gasteiger partial charge < -0.3 is 24.4 Å². The maximum absolute atomic E-state index is 12.7. The van der Waals surface area contributed by atoms with Crippen molar-refractivity contribution in [2.24, 2.45) is 4.99 Å². The highest BCUT2D eigenvalue weighted by Crippen LogP contribution is 2.44. The summed E-state index contributed by atoms with van der Waals surface area (Å²) in [4.78, 5) is 31.8. The highest BCUT2D eigenvalue weighted by atomic mass is 35.5. The predicted octanol–water partition coefficient (Wildman–Crippen LogP) is 3.36. The quantitative estimate of drug-likeness (QED) is 0.602. The number of nitrogens with one attached hydrogen (secondary N) is 1. The van der Waals surface area contributed by atoms with Crippen LogP contribution in [0.5, 0.6) is 0 Å². The Morgan fingerprint density at radius 1 is 1.28 bits per heavy atom. The van der Waals surface area contributed by atoms with Crippen molar-refractivity contribution in [1.82, 2.24) is 10.2 Å². The van der Waals surface area contributed by atoms with E-state index in [0.717, 1.165) is 11.3 Å². The molecule has 0 unspecified atom stereocenters. The number of hydrogen-bond acceptors (Lipinski definition) is 8. The minimum atomic E-state index is -0.471. The second-order valence-electron chi connectivity index (χ2n) is 7.42. The van der Waals surface area contributed by atoms with Gasteiger partial charge in [-0.1, -0.05) is 35.5 Å². The van der Waals surface area contributed by atoms with E-state index in [1.54, 1.807) is 19.1 Å². The number of benzene rings is 1. The molecule has 0 bridgehead atoms. The Kier molecular flexibility index (Phi) is 7.20. The number of rotatable bonds is 7. The number of hydrogen-bond donors (Lipinski definition) is 1. The van der Waals surface area contributed by atoms with Crippen LogP contribution in [-0.2, 0) is 23.8 Å². The first kappa shape index (κ1) is 22.8. The predicted molar refractivity (Wildman–Crippen MR) is 122 cm³/mol. The van der Waals surface area contributed by atoms with Gasteiger partial charge in [0.2, 0.25) is 5.91 Å². The van der Waals surface area contributed by atoms with Crippen LogP contribution in [0, 0.1) is 0 Å². The lowest BCUT2D eigenvalue weighted by Gasteiger charge is -2.36. The third kappa shape index (κ3) is 4.85. The highest BCUT2D eigenvalue weighted by Gasteiger charge is 2.40. The van der Waals surface area contributed by atoms with Crippen molar-refractivity contribution in [2.45, 2.75) is 32.1 Å². The fourth-order valence-corrected chi connectivity index (χ4v) is 4.92. The van der Waals surface area contributed by atoms with Crippen LogP contribution in [0.2, 0.25) is 5.02 Å². The molecule has 1 fully saturated rings. The Bertz CT molecular complexity index is 986. The minimum absolute atomic E-state index is 0.128. The molecule has 1 saturated heterocycles. The van der Waals surface area contributed by atoms with E-state index in [2.05, 4.69) is 10.3 Å². The summed E-state index contributed by atoms with van der Waals surface area (Å²) in [6.07, 6.45) is 0.482. The molecule has 1 N–H and O–H groups in total. The first-order chi connectivity index (χ1) is 15.5. The summed E-state index contributed by atoms with van der Waals surface area (Å²) in [6, 6.07) is 6.82. The Hall–Kier alpha value is -2.33. The average Bonchev–Trinajstić information content (AvgIpc) is 3.43. The van der Waals surface area contributed by atoms with Gasteiger partial charge in [0.25, 0.3) is 0 Å². The number of carbonyl (C=O) groups is 2. The molecule has 0 aromatic heterocycles. The third-order valence-electron chi connectivity index (χ3n) is 5.33. The van der Waals surface area contributed by atoms with Crippen LogP contribution < -0.4 is 5.32 Å². The van der Waals surface area contributed by atoms with E-state index in [1.165, 1.54) is 18.9 Å². The molecule has 3 heterocycles. The highest BCUT2D eigenvalue weighted by molar-refractivity contribution is 8.16. The Morgan fingerprint density at radius 3 is 2.69 bits per heavy atom. The maximum Gasteiger partial charge on any atom is 0.338 e. The van der Waals surface area contributed by atoms with Crippen molar-refractivity contribution in [1.29, 1.82) is 0 Å². The van der Waals surface area contributed by atoms with E-state index >= 15 is 0 Å². The van der Waals surface area contributed by atoms with Crippen LogP contribution in [0.25, 0.3) is 0 Å².